The molecule has 154 valence electrons. The van der Waals surface area contributed by atoms with E-state index in [0.717, 1.165) is 16.5 Å². The molecule has 2 aromatic carbocycles. The minimum absolute atomic E-state index is 0.109. The average molecular weight is 413 g/mol. The first kappa shape index (κ1) is 18.9. The third-order valence-electron chi connectivity index (χ3n) is 5.21. The van der Waals surface area contributed by atoms with Crippen molar-refractivity contribution in [1.82, 2.24) is 14.5 Å². The van der Waals surface area contributed by atoms with Crippen LogP contribution >= 0.6 is 0 Å². The van der Waals surface area contributed by atoms with Gasteiger partial charge in [0.1, 0.15) is 12.4 Å². The number of para-hydroxylation sites is 2. The molecule has 0 amide bonds. The van der Waals surface area contributed by atoms with Crippen molar-refractivity contribution in [3.05, 3.63) is 101 Å². The summed E-state index contributed by atoms with van der Waals surface area (Å²) < 4.78 is 12.4. The monoisotopic (exact) mass is 413 g/mol. The number of fused-ring (bicyclic) bond motifs is 2. The van der Waals surface area contributed by atoms with E-state index in [1.165, 1.54) is 4.57 Å². The highest BCUT2D eigenvalue weighted by molar-refractivity contribution is 5.87. The predicted molar refractivity (Wildman–Crippen MR) is 116 cm³/mol. The predicted octanol–water partition coefficient (Wildman–Crippen LogP) is 3.81. The standard InChI is InChI=1S/C24H19N3O4/c28-23(12-16-13-25-20-9-3-1-7-18(16)20)31-15-22-26-21-10-4-2-8-19(21)24(29)27(22)14-17-6-5-11-30-17/h1-11,13,25H,12,14-15H2. The van der Waals surface area contributed by atoms with Gasteiger partial charge in [-0.15, -0.1) is 0 Å². The molecule has 0 fully saturated rings. The van der Waals surface area contributed by atoms with Crippen molar-refractivity contribution in [1.29, 1.82) is 0 Å². The fourth-order valence-corrected chi connectivity index (χ4v) is 3.68. The second kappa shape index (κ2) is 7.95. The molecule has 0 aliphatic heterocycles. The van der Waals surface area contributed by atoms with Crippen molar-refractivity contribution in [2.45, 2.75) is 19.6 Å². The zero-order chi connectivity index (χ0) is 21.2. The molecular weight excluding hydrogens is 394 g/mol. The van der Waals surface area contributed by atoms with Gasteiger partial charge in [-0.25, -0.2) is 4.98 Å². The molecule has 5 aromatic rings. The molecule has 0 spiro atoms. The summed E-state index contributed by atoms with van der Waals surface area (Å²) in [6, 6.07) is 18.4. The molecule has 0 aliphatic rings. The van der Waals surface area contributed by atoms with Crippen molar-refractivity contribution in [2.75, 3.05) is 0 Å². The van der Waals surface area contributed by atoms with Crippen LogP contribution in [0.4, 0.5) is 0 Å². The van der Waals surface area contributed by atoms with E-state index < -0.39 is 5.97 Å². The summed E-state index contributed by atoms with van der Waals surface area (Å²) in [5.41, 5.74) is 2.18. The third kappa shape index (κ3) is 3.73. The number of nitrogens with one attached hydrogen (secondary N) is 1. The third-order valence-corrected chi connectivity index (χ3v) is 5.21. The van der Waals surface area contributed by atoms with E-state index in [1.807, 2.05) is 36.5 Å². The number of benzene rings is 2. The number of ether oxygens (including phenoxy) is 1. The van der Waals surface area contributed by atoms with Crippen LogP contribution in [-0.4, -0.2) is 20.5 Å². The fraction of sp³-hybridized carbons (Fsp3) is 0.125. The van der Waals surface area contributed by atoms with Gasteiger partial charge in [0.2, 0.25) is 0 Å². The van der Waals surface area contributed by atoms with E-state index in [-0.39, 0.29) is 25.1 Å². The van der Waals surface area contributed by atoms with Crippen molar-refractivity contribution in [3.63, 3.8) is 0 Å². The number of H-pyrrole nitrogens is 1. The summed E-state index contributed by atoms with van der Waals surface area (Å²) in [5.74, 6) is 0.592. The highest BCUT2D eigenvalue weighted by Gasteiger charge is 2.15. The maximum Gasteiger partial charge on any atom is 0.310 e. The Morgan fingerprint density at radius 2 is 1.84 bits per heavy atom. The molecule has 5 rings (SSSR count). The largest absolute Gasteiger partial charge is 0.467 e. The summed E-state index contributed by atoms with van der Waals surface area (Å²) in [7, 11) is 0. The van der Waals surface area contributed by atoms with Gasteiger partial charge >= 0.3 is 5.97 Å². The number of aromatic nitrogens is 3. The molecule has 0 saturated heterocycles. The van der Waals surface area contributed by atoms with Gasteiger partial charge in [-0.3, -0.25) is 14.2 Å². The second-order valence-electron chi connectivity index (χ2n) is 7.21. The summed E-state index contributed by atoms with van der Waals surface area (Å²) in [6.45, 7) is 0.0982. The van der Waals surface area contributed by atoms with Crippen LogP contribution in [0.15, 0.2) is 82.3 Å². The Balaban J connectivity index is 1.41. The van der Waals surface area contributed by atoms with Crippen LogP contribution in [0.25, 0.3) is 21.8 Å². The van der Waals surface area contributed by atoms with Gasteiger partial charge in [-0.2, -0.15) is 0 Å². The molecule has 3 heterocycles. The molecule has 0 unspecified atom stereocenters. The smallest absolute Gasteiger partial charge is 0.310 e. The van der Waals surface area contributed by atoms with Gasteiger partial charge in [0, 0.05) is 17.1 Å². The maximum atomic E-state index is 13.1. The molecule has 0 saturated carbocycles. The normalized spacial score (nSPS) is 11.2. The Labute approximate surface area is 176 Å². The first-order valence-electron chi connectivity index (χ1n) is 9.90. The highest BCUT2D eigenvalue weighted by atomic mass is 16.5. The summed E-state index contributed by atoms with van der Waals surface area (Å²) >= 11 is 0. The molecule has 0 atom stereocenters. The van der Waals surface area contributed by atoms with Crippen molar-refractivity contribution < 1.29 is 13.9 Å². The number of hydrogen-bond donors (Lipinski definition) is 1. The van der Waals surface area contributed by atoms with E-state index in [2.05, 4.69) is 9.97 Å². The minimum atomic E-state index is -0.392. The molecule has 3 aromatic heterocycles. The fourth-order valence-electron chi connectivity index (χ4n) is 3.68. The van der Waals surface area contributed by atoms with Crippen molar-refractivity contribution in [2.24, 2.45) is 0 Å². The Hall–Kier alpha value is -4.13. The highest BCUT2D eigenvalue weighted by Crippen LogP contribution is 2.19. The average Bonchev–Trinajstić information content (AvgIpc) is 3.45. The summed E-state index contributed by atoms with van der Waals surface area (Å²) in [6.07, 6.45) is 3.49. The molecule has 0 bridgehead atoms. The molecule has 7 heteroatoms. The van der Waals surface area contributed by atoms with E-state index in [0.29, 0.717) is 22.5 Å². The Morgan fingerprint density at radius 1 is 1.03 bits per heavy atom. The van der Waals surface area contributed by atoms with Crippen LogP contribution in [0.1, 0.15) is 17.1 Å². The van der Waals surface area contributed by atoms with Crippen LogP contribution in [-0.2, 0) is 29.1 Å². The van der Waals surface area contributed by atoms with Crippen LogP contribution in [0, 0.1) is 0 Å². The topological polar surface area (TPSA) is 90.1 Å². The maximum absolute atomic E-state index is 13.1. The first-order valence-corrected chi connectivity index (χ1v) is 9.90. The van der Waals surface area contributed by atoms with Gasteiger partial charge in [0.25, 0.3) is 5.56 Å². The lowest BCUT2D eigenvalue weighted by Crippen LogP contribution is -2.27. The zero-order valence-electron chi connectivity index (χ0n) is 16.6. The van der Waals surface area contributed by atoms with Gasteiger partial charge in [0.15, 0.2) is 5.82 Å². The lowest BCUT2D eigenvalue weighted by Gasteiger charge is -2.13. The van der Waals surface area contributed by atoms with Crippen LogP contribution in [0.5, 0.6) is 0 Å². The molecule has 31 heavy (non-hydrogen) atoms. The SMILES string of the molecule is O=C(Cc1c[nH]c2ccccc12)OCc1nc2ccccc2c(=O)n1Cc1ccco1. The number of aromatic amines is 1. The van der Waals surface area contributed by atoms with Gasteiger partial charge in [-0.1, -0.05) is 30.3 Å². The number of rotatable bonds is 6. The van der Waals surface area contributed by atoms with Crippen LogP contribution < -0.4 is 5.56 Å². The molecule has 7 nitrogen and oxygen atoms in total. The lowest BCUT2D eigenvalue weighted by atomic mass is 10.1. The Kier molecular flexibility index (Phi) is 4.84. The molecule has 0 aliphatic carbocycles. The van der Waals surface area contributed by atoms with Crippen molar-refractivity contribution in [3.8, 4) is 0 Å². The number of nitrogens with zero attached hydrogens (tertiary/aromatic N) is 2. The summed E-state index contributed by atoms with van der Waals surface area (Å²) in [4.78, 5) is 33.3. The van der Waals surface area contributed by atoms with E-state index >= 15 is 0 Å². The van der Waals surface area contributed by atoms with Crippen LogP contribution in [0.2, 0.25) is 0 Å². The minimum Gasteiger partial charge on any atom is -0.467 e. The van der Waals surface area contributed by atoms with E-state index in [9.17, 15) is 9.59 Å². The first-order chi connectivity index (χ1) is 15.2. The number of carbonyl (C=O) groups is 1. The number of carbonyl (C=O) groups excluding carboxylic acids is 1. The van der Waals surface area contributed by atoms with Gasteiger partial charge in [0.05, 0.1) is 30.1 Å². The Bertz CT molecular complexity index is 1430. The second-order valence-corrected chi connectivity index (χ2v) is 7.21. The molecule has 0 radical (unpaired) electrons. The number of esters is 1. The van der Waals surface area contributed by atoms with E-state index in [1.54, 1.807) is 36.6 Å². The van der Waals surface area contributed by atoms with Gasteiger partial charge < -0.3 is 14.1 Å². The van der Waals surface area contributed by atoms with Gasteiger partial charge in [-0.05, 0) is 35.9 Å². The number of hydrogen-bond acceptors (Lipinski definition) is 5. The molecule has 1 N–H and O–H groups in total. The Morgan fingerprint density at radius 3 is 2.68 bits per heavy atom. The van der Waals surface area contributed by atoms with Crippen LogP contribution in [0.3, 0.4) is 0 Å². The molecular formula is C24H19N3O4. The summed E-state index contributed by atoms with van der Waals surface area (Å²) in [5, 5.41) is 1.49. The van der Waals surface area contributed by atoms with E-state index in [4.69, 9.17) is 9.15 Å². The van der Waals surface area contributed by atoms with Crippen molar-refractivity contribution >= 4 is 27.8 Å². The quantitative estimate of drug-likeness (QED) is 0.428. The number of furan rings is 1. The lowest BCUT2D eigenvalue weighted by molar-refractivity contribution is -0.144. The zero-order valence-corrected chi connectivity index (χ0v) is 16.6.